The molecule has 0 fully saturated rings. The van der Waals surface area contributed by atoms with Crippen molar-refractivity contribution >= 4 is 23.6 Å². The first-order chi connectivity index (χ1) is 13.1. The molecule has 0 unspecified atom stereocenters. The maximum absolute atomic E-state index is 11.9. The molecule has 2 aromatic rings. The standard InChI is InChI=1S/C22H25NO4/c1-3-4-6-17-9-12-19(13-10-17)23-21(24)16-27-22(25)14-11-18-7-5-8-20(15-18)26-2/h5,7-15H,3-4,6,16H2,1-2H3,(H,23,24)/b14-11+. The summed E-state index contributed by atoms with van der Waals surface area (Å²) in [5.74, 6) is -0.257. The molecule has 142 valence electrons. The lowest BCUT2D eigenvalue weighted by Gasteiger charge is -2.07. The van der Waals surface area contributed by atoms with Crippen molar-refractivity contribution in [1.82, 2.24) is 0 Å². The number of methoxy groups -OCH3 is 1. The number of esters is 1. The summed E-state index contributed by atoms with van der Waals surface area (Å²) >= 11 is 0. The molecule has 27 heavy (non-hydrogen) atoms. The zero-order valence-corrected chi connectivity index (χ0v) is 15.7. The fraction of sp³-hybridized carbons (Fsp3) is 0.273. The van der Waals surface area contributed by atoms with Crippen LogP contribution in [0, 0.1) is 0 Å². The van der Waals surface area contributed by atoms with E-state index in [1.165, 1.54) is 11.6 Å². The summed E-state index contributed by atoms with van der Waals surface area (Å²) in [6.45, 7) is 1.82. The summed E-state index contributed by atoms with van der Waals surface area (Å²) in [4.78, 5) is 23.7. The number of nitrogens with one attached hydrogen (secondary N) is 1. The number of hydrogen-bond donors (Lipinski definition) is 1. The Morgan fingerprint density at radius 3 is 2.59 bits per heavy atom. The summed E-state index contributed by atoms with van der Waals surface area (Å²) in [6, 6.07) is 15.0. The molecule has 0 atom stereocenters. The fourth-order valence-corrected chi connectivity index (χ4v) is 2.43. The molecule has 0 spiro atoms. The van der Waals surface area contributed by atoms with Crippen LogP contribution in [0.1, 0.15) is 30.9 Å². The van der Waals surface area contributed by atoms with Crippen molar-refractivity contribution in [2.24, 2.45) is 0 Å². The Kier molecular flexibility index (Phi) is 8.10. The van der Waals surface area contributed by atoms with Crippen LogP contribution in [0.25, 0.3) is 6.08 Å². The Labute approximate surface area is 160 Å². The second-order valence-electron chi connectivity index (χ2n) is 6.07. The van der Waals surface area contributed by atoms with Gasteiger partial charge in [-0.2, -0.15) is 0 Å². The van der Waals surface area contributed by atoms with E-state index in [2.05, 4.69) is 12.2 Å². The zero-order chi connectivity index (χ0) is 19.5. The third-order valence-electron chi connectivity index (χ3n) is 3.91. The molecule has 0 saturated carbocycles. The topological polar surface area (TPSA) is 64.6 Å². The molecule has 1 N–H and O–H groups in total. The van der Waals surface area contributed by atoms with E-state index in [1.807, 2.05) is 42.5 Å². The van der Waals surface area contributed by atoms with Gasteiger partial charge in [0.2, 0.25) is 0 Å². The first kappa shape index (κ1) is 20.2. The van der Waals surface area contributed by atoms with Gasteiger partial charge in [0.05, 0.1) is 7.11 Å². The predicted octanol–water partition coefficient (Wildman–Crippen LogP) is 4.23. The van der Waals surface area contributed by atoms with Gasteiger partial charge < -0.3 is 14.8 Å². The van der Waals surface area contributed by atoms with Gasteiger partial charge in [-0.15, -0.1) is 0 Å². The number of unbranched alkanes of at least 4 members (excludes halogenated alkanes) is 1. The van der Waals surface area contributed by atoms with Crippen LogP contribution >= 0.6 is 0 Å². The van der Waals surface area contributed by atoms with E-state index >= 15 is 0 Å². The third kappa shape index (κ3) is 7.36. The number of benzene rings is 2. The molecule has 2 rings (SSSR count). The molecule has 2 aromatic carbocycles. The number of carbonyl (C=O) groups is 2. The number of rotatable bonds is 9. The lowest BCUT2D eigenvalue weighted by atomic mass is 10.1. The average molecular weight is 367 g/mol. The number of aryl methyl sites for hydroxylation is 1. The third-order valence-corrected chi connectivity index (χ3v) is 3.91. The minimum absolute atomic E-state index is 0.334. The summed E-state index contributed by atoms with van der Waals surface area (Å²) in [7, 11) is 1.58. The van der Waals surface area contributed by atoms with Crippen LogP contribution in [-0.2, 0) is 20.7 Å². The van der Waals surface area contributed by atoms with E-state index in [9.17, 15) is 9.59 Å². The summed E-state index contributed by atoms with van der Waals surface area (Å²) in [5.41, 5.74) is 2.73. The van der Waals surface area contributed by atoms with Crippen molar-refractivity contribution in [2.75, 3.05) is 19.0 Å². The van der Waals surface area contributed by atoms with E-state index in [-0.39, 0.29) is 12.5 Å². The van der Waals surface area contributed by atoms with E-state index in [4.69, 9.17) is 9.47 Å². The lowest BCUT2D eigenvalue weighted by molar-refractivity contribution is -0.142. The minimum atomic E-state index is -0.581. The molecule has 0 heterocycles. The second kappa shape index (κ2) is 10.8. The molecule has 1 amide bonds. The Morgan fingerprint density at radius 2 is 1.89 bits per heavy atom. The van der Waals surface area contributed by atoms with Gasteiger partial charge in [-0.25, -0.2) is 4.79 Å². The van der Waals surface area contributed by atoms with Gasteiger partial charge in [0.1, 0.15) is 5.75 Å². The molecule has 0 aromatic heterocycles. The molecule has 0 aliphatic carbocycles. The molecular weight excluding hydrogens is 342 g/mol. The highest BCUT2D eigenvalue weighted by Crippen LogP contribution is 2.14. The smallest absolute Gasteiger partial charge is 0.331 e. The minimum Gasteiger partial charge on any atom is -0.497 e. The van der Waals surface area contributed by atoms with E-state index in [1.54, 1.807) is 19.3 Å². The van der Waals surface area contributed by atoms with Gasteiger partial charge in [-0.3, -0.25) is 4.79 Å². The van der Waals surface area contributed by atoms with Gasteiger partial charge >= 0.3 is 5.97 Å². The molecule has 5 heteroatoms. The van der Waals surface area contributed by atoms with Crippen LogP contribution in [0.2, 0.25) is 0 Å². The predicted molar refractivity (Wildman–Crippen MR) is 107 cm³/mol. The first-order valence-corrected chi connectivity index (χ1v) is 8.98. The molecule has 0 radical (unpaired) electrons. The largest absolute Gasteiger partial charge is 0.497 e. The van der Waals surface area contributed by atoms with Crippen molar-refractivity contribution in [3.8, 4) is 5.75 Å². The van der Waals surface area contributed by atoms with Crippen molar-refractivity contribution in [3.05, 3.63) is 65.7 Å². The van der Waals surface area contributed by atoms with E-state index < -0.39 is 5.97 Å². The van der Waals surface area contributed by atoms with Crippen LogP contribution in [0.15, 0.2) is 54.6 Å². The van der Waals surface area contributed by atoms with Crippen LogP contribution < -0.4 is 10.1 Å². The number of hydrogen-bond acceptors (Lipinski definition) is 4. The molecule has 0 saturated heterocycles. The Morgan fingerprint density at radius 1 is 1.11 bits per heavy atom. The maximum atomic E-state index is 11.9. The van der Waals surface area contributed by atoms with Crippen LogP contribution in [0.5, 0.6) is 5.75 Å². The van der Waals surface area contributed by atoms with Gasteiger partial charge in [0.25, 0.3) is 5.91 Å². The van der Waals surface area contributed by atoms with Crippen LogP contribution in [0.3, 0.4) is 0 Å². The average Bonchev–Trinajstić information content (AvgIpc) is 2.70. The number of anilines is 1. The second-order valence-corrected chi connectivity index (χ2v) is 6.07. The Bertz CT molecular complexity index is 781. The first-order valence-electron chi connectivity index (χ1n) is 8.98. The highest BCUT2D eigenvalue weighted by molar-refractivity contribution is 5.94. The molecule has 0 aliphatic rings. The fourth-order valence-electron chi connectivity index (χ4n) is 2.43. The van der Waals surface area contributed by atoms with Gasteiger partial charge in [-0.1, -0.05) is 37.6 Å². The Balaban J connectivity index is 1.77. The van der Waals surface area contributed by atoms with Crippen LogP contribution in [-0.4, -0.2) is 25.6 Å². The highest BCUT2D eigenvalue weighted by atomic mass is 16.5. The number of ether oxygens (including phenoxy) is 2. The van der Waals surface area contributed by atoms with Crippen molar-refractivity contribution in [2.45, 2.75) is 26.2 Å². The number of amides is 1. The highest BCUT2D eigenvalue weighted by Gasteiger charge is 2.06. The summed E-state index contributed by atoms with van der Waals surface area (Å²) in [5, 5.41) is 2.71. The monoisotopic (exact) mass is 367 g/mol. The van der Waals surface area contributed by atoms with Crippen molar-refractivity contribution in [3.63, 3.8) is 0 Å². The molecule has 0 bridgehead atoms. The van der Waals surface area contributed by atoms with Gasteiger partial charge in [-0.05, 0) is 54.3 Å². The zero-order valence-electron chi connectivity index (χ0n) is 15.7. The quantitative estimate of drug-likeness (QED) is 0.532. The molecule has 5 nitrogen and oxygen atoms in total. The summed E-state index contributed by atoms with van der Waals surface area (Å²) < 4.78 is 10.1. The normalized spacial score (nSPS) is 10.6. The van der Waals surface area contributed by atoms with Gasteiger partial charge in [0.15, 0.2) is 6.61 Å². The Hall–Kier alpha value is -3.08. The van der Waals surface area contributed by atoms with E-state index in [0.717, 1.165) is 24.8 Å². The van der Waals surface area contributed by atoms with Gasteiger partial charge in [0, 0.05) is 11.8 Å². The molecule has 0 aliphatic heterocycles. The lowest BCUT2D eigenvalue weighted by Crippen LogP contribution is -2.20. The SMILES string of the molecule is CCCCc1ccc(NC(=O)COC(=O)/C=C/c2cccc(OC)c2)cc1. The maximum Gasteiger partial charge on any atom is 0.331 e. The van der Waals surface area contributed by atoms with Crippen LogP contribution in [0.4, 0.5) is 5.69 Å². The van der Waals surface area contributed by atoms with Crippen molar-refractivity contribution < 1.29 is 19.1 Å². The number of carbonyl (C=O) groups excluding carboxylic acids is 2. The summed E-state index contributed by atoms with van der Waals surface area (Å²) in [6.07, 6.45) is 6.21. The van der Waals surface area contributed by atoms with E-state index in [0.29, 0.717) is 11.4 Å². The molecular formula is C22H25NO4. The van der Waals surface area contributed by atoms with Crippen molar-refractivity contribution in [1.29, 1.82) is 0 Å².